The highest BCUT2D eigenvalue weighted by atomic mass is 16.5. The topological polar surface area (TPSA) is 57.4 Å². The molecule has 1 fully saturated rings. The van der Waals surface area contributed by atoms with Gasteiger partial charge in [0.1, 0.15) is 5.84 Å². The quantitative estimate of drug-likeness (QED) is 0.105. The van der Waals surface area contributed by atoms with Gasteiger partial charge in [0.15, 0.2) is 0 Å². The molecule has 1 aliphatic heterocycles. The Hall–Kier alpha value is -3.68. The van der Waals surface area contributed by atoms with Gasteiger partial charge in [-0.05, 0) is 111 Å². The Morgan fingerprint density at radius 1 is 1.24 bits per heavy atom. The molecule has 0 amide bonds. The first kappa shape index (κ1) is 35.8. The Balaban J connectivity index is 2.04. The smallest absolute Gasteiger partial charge is 0.128 e. The zero-order valence-corrected chi connectivity index (χ0v) is 28.9. The molecule has 45 heavy (non-hydrogen) atoms. The van der Waals surface area contributed by atoms with E-state index in [0.29, 0.717) is 17.4 Å². The minimum absolute atomic E-state index is 0.0781. The lowest BCUT2D eigenvalue weighted by Gasteiger charge is -2.29. The molecule has 0 radical (unpaired) electrons. The second-order valence-electron chi connectivity index (χ2n) is 12.8. The van der Waals surface area contributed by atoms with Gasteiger partial charge >= 0.3 is 0 Å². The molecule has 240 valence electrons. The van der Waals surface area contributed by atoms with Gasteiger partial charge in [-0.2, -0.15) is 5.26 Å². The Morgan fingerprint density at radius 2 is 2.00 bits per heavy atom. The SMILES string of the molecule is C=C/C=C(C(=C)C1=CCC[C@H](/C(=C\C)CC)C1)\C(=C/C(C)C(=C)C[C@H]1C[C@@H](C)CO1)C(=NC)N[C@H](C)c1cccc(C#N)c1C. The summed E-state index contributed by atoms with van der Waals surface area (Å²) < 4.78 is 6.05. The lowest BCUT2D eigenvalue weighted by molar-refractivity contribution is 0.106. The Kier molecular flexibility index (Phi) is 13.6. The predicted octanol–water partition coefficient (Wildman–Crippen LogP) is 10.2. The average molecular weight is 606 g/mol. The third kappa shape index (κ3) is 9.18. The van der Waals surface area contributed by atoms with Crippen LogP contribution in [0.25, 0.3) is 0 Å². The van der Waals surface area contributed by atoms with Crippen molar-refractivity contribution in [2.75, 3.05) is 13.7 Å². The van der Waals surface area contributed by atoms with Crippen LogP contribution >= 0.6 is 0 Å². The summed E-state index contributed by atoms with van der Waals surface area (Å²) in [5, 5.41) is 13.4. The Labute approximate surface area is 273 Å². The molecule has 1 N–H and O–H groups in total. The number of ether oxygens (including phenoxy) is 1. The lowest BCUT2D eigenvalue weighted by atomic mass is 9.77. The van der Waals surface area contributed by atoms with Gasteiger partial charge in [0.25, 0.3) is 0 Å². The Bertz CT molecular complexity index is 1440. The highest BCUT2D eigenvalue weighted by molar-refractivity contribution is 6.04. The van der Waals surface area contributed by atoms with Gasteiger partial charge in [0.2, 0.25) is 0 Å². The number of benzene rings is 1. The second-order valence-corrected chi connectivity index (χ2v) is 12.8. The van der Waals surface area contributed by atoms with Gasteiger partial charge in [-0.1, -0.05) is 94.2 Å². The van der Waals surface area contributed by atoms with Crippen molar-refractivity contribution < 1.29 is 4.74 Å². The fraction of sp³-hybridized carbons (Fsp3) is 0.463. The van der Waals surface area contributed by atoms with Crippen LogP contribution in [0.1, 0.15) is 95.9 Å². The van der Waals surface area contributed by atoms with Crippen LogP contribution < -0.4 is 5.32 Å². The molecule has 1 heterocycles. The summed E-state index contributed by atoms with van der Waals surface area (Å²) in [5.41, 5.74) is 9.72. The van der Waals surface area contributed by atoms with Crippen molar-refractivity contribution in [1.29, 1.82) is 5.26 Å². The summed E-state index contributed by atoms with van der Waals surface area (Å²) in [7, 11) is 1.83. The van der Waals surface area contributed by atoms with E-state index in [1.165, 1.54) is 17.6 Å². The van der Waals surface area contributed by atoms with Gasteiger partial charge in [-0.15, -0.1) is 0 Å². The number of amidine groups is 1. The molecule has 0 aromatic heterocycles. The number of nitriles is 1. The largest absolute Gasteiger partial charge is 0.378 e. The normalized spacial score (nSPS) is 22.7. The molecule has 1 saturated heterocycles. The fourth-order valence-electron chi connectivity index (χ4n) is 6.80. The van der Waals surface area contributed by atoms with Crippen molar-refractivity contribution in [3.8, 4) is 6.07 Å². The third-order valence-corrected chi connectivity index (χ3v) is 9.59. The van der Waals surface area contributed by atoms with Crippen molar-refractivity contribution in [3.63, 3.8) is 0 Å². The monoisotopic (exact) mass is 605 g/mol. The van der Waals surface area contributed by atoms with E-state index in [9.17, 15) is 5.26 Å². The number of aliphatic imine (C=N–C) groups is 1. The molecule has 4 nitrogen and oxygen atoms in total. The van der Waals surface area contributed by atoms with Gasteiger partial charge < -0.3 is 10.1 Å². The molecule has 5 atom stereocenters. The van der Waals surface area contributed by atoms with E-state index in [1.807, 2.05) is 32.2 Å². The maximum atomic E-state index is 9.65. The highest BCUT2D eigenvalue weighted by Crippen LogP contribution is 2.38. The number of allylic oxidation sites excluding steroid dienone is 8. The van der Waals surface area contributed by atoms with Crippen molar-refractivity contribution >= 4 is 5.84 Å². The Morgan fingerprint density at radius 3 is 2.60 bits per heavy atom. The number of nitrogens with zero attached hydrogens (tertiary/aromatic N) is 2. The summed E-state index contributed by atoms with van der Waals surface area (Å²) in [6, 6.07) is 8.14. The molecule has 1 unspecified atom stereocenters. The summed E-state index contributed by atoms with van der Waals surface area (Å²) >= 11 is 0. The van der Waals surface area contributed by atoms with Gasteiger partial charge in [-0.3, -0.25) is 4.99 Å². The van der Waals surface area contributed by atoms with Crippen molar-refractivity contribution in [3.05, 3.63) is 118 Å². The zero-order valence-electron chi connectivity index (χ0n) is 28.9. The van der Waals surface area contributed by atoms with Crippen molar-refractivity contribution in [2.45, 2.75) is 92.2 Å². The van der Waals surface area contributed by atoms with E-state index in [2.05, 4.69) is 89.5 Å². The molecule has 0 spiro atoms. The van der Waals surface area contributed by atoms with E-state index in [1.54, 1.807) is 0 Å². The summed E-state index contributed by atoms with van der Waals surface area (Å²) in [6.07, 6.45) is 17.3. The average Bonchev–Trinajstić information content (AvgIpc) is 3.45. The molecular weight excluding hydrogens is 550 g/mol. The fourth-order valence-corrected chi connectivity index (χ4v) is 6.80. The molecule has 1 aromatic carbocycles. The maximum absolute atomic E-state index is 9.65. The van der Waals surface area contributed by atoms with Crippen molar-refractivity contribution in [2.24, 2.45) is 22.7 Å². The van der Waals surface area contributed by atoms with E-state index < -0.39 is 0 Å². The maximum Gasteiger partial charge on any atom is 0.128 e. The molecule has 1 aliphatic carbocycles. The lowest BCUT2D eigenvalue weighted by Crippen LogP contribution is -2.30. The van der Waals surface area contributed by atoms with Crippen LogP contribution in [0.4, 0.5) is 0 Å². The predicted molar refractivity (Wildman–Crippen MR) is 192 cm³/mol. The van der Waals surface area contributed by atoms with Crippen LogP contribution in [-0.2, 0) is 4.74 Å². The van der Waals surface area contributed by atoms with Crippen LogP contribution in [-0.4, -0.2) is 25.6 Å². The molecule has 3 rings (SSSR count). The molecule has 0 saturated carbocycles. The number of hydrogen-bond donors (Lipinski definition) is 1. The zero-order chi connectivity index (χ0) is 33.1. The molecule has 2 aliphatic rings. The van der Waals surface area contributed by atoms with Crippen LogP contribution in [0.15, 0.2) is 107 Å². The summed E-state index contributed by atoms with van der Waals surface area (Å²) in [6.45, 7) is 27.1. The minimum atomic E-state index is -0.0781. The van der Waals surface area contributed by atoms with Crippen LogP contribution in [0.3, 0.4) is 0 Å². The highest BCUT2D eigenvalue weighted by Gasteiger charge is 2.27. The summed E-state index contributed by atoms with van der Waals surface area (Å²) in [4.78, 5) is 4.83. The van der Waals surface area contributed by atoms with E-state index in [-0.39, 0.29) is 18.1 Å². The first-order chi connectivity index (χ1) is 21.6. The molecular formula is C41H55N3O. The molecule has 0 bridgehead atoms. The third-order valence-electron chi connectivity index (χ3n) is 9.59. The standard InChI is InChI=1S/C41H55N3O/c1-11-16-39(30(7)34-17-14-18-35(24-34)33(12-2)13-3)40(23-29(6)28(5)22-37-21-27(4)26-45-37)41(43-10)44-32(9)38-20-15-19-36(25-42)31(38)8/h11-12,15-17,19-20,23,27,29,32,35,37H,1,5,7,13-14,18,21-22,24,26H2,2-4,6,8-10H3,(H,43,44)/b33-12-,39-16-,40-23+/t27-,29?,32-,35+,37-/m1/s1. The summed E-state index contributed by atoms with van der Waals surface area (Å²) in [5.74, 6) is 1.99. The molecule has 1 aromatic rings. The molecule has 4 heteroatoms. The first-order valence-electron chi connectivity index (χ1n) is 16.7. The van der Waals surface area contributed by atoms with Crippen molar-refractivity contribution in [1.82, 2.24) is 5.32 Å². The van der Waals surface area contributed by atoms with Crippen LogP contribution in [0, 0.1) is 36.0 Å². The minimum Gasteiger partial charge on any atom is -0.378 e. The first-order valence-corrected chi connectivity index (χ1v) is 16.7. The van der Waals surface area contributed by atoms with Crippen LogP contribution in [0.2, 0.25) is 0 Å². The second kappa shape index (κ2) is 17.1. The van der Waals surface area contributed by atoms with E-state index >= 15 is 0 Å². The number of rotatable bonds is 13. The van der Waals surface area contributed by atoms with E-state index in [4.69, 9.17) is 16.3 Å². The van der Waals surface area contributed by atoms with E-state index in [0.717, 1.165) is 78.0 Å². The number of hydrogen-bond acceptors (Lipinski definition) is 3. The van der Waals surface area contributed by atoms with Crippen LogP contribution in [0.5, 0.6) is 0 Å². The van der Waals surface area contributed by atoms with Gasteiger partial charge in [0.05, 0.1) is 23.8 Å². The van der Waals surface area contributed by atoms with Gasteiger partial charge in [0, 0.05) is 19.2 Å². The number of nitrogens with one attached hydrogen (secondary N) is 1. The van der Waals surface area contributed by atoms with Gasteiger partial charge in [-0.25, -0.2) is 0 Å².